The Morgan fingerprint density at radius 2 is 2.24 bits per heavy atom. The van der Waals surface area contributed by atoms with Crippen molar-refractivity contribution in [1.29, 1.82) is 0 Å². The second-order valence-electron chi connectivity index (χ2n) is 5.20. The van der Waals surface area contributed by atoms with E-state index in [1.54, 1.807) is 16.8 Å². The molecule has 0 spiro atoms. The molecule has 1 unspecified atom stereocenters. The van der Waals surface area contributed by atoms with Gasteiger partial charge in [-0.3, -0.25) is 4.68 Å². The Labute approximate surface area is 130 Å². The van der Waals surface area contributed by atoms with Crippen molar-refractivity contribution in [2.45, 2.75) is 32.2 Å². The molecule has 2 aromatic rings. The van der Waals surface area contributed by atoms with Crippen LogP contribution in [0.25, 0.3) is 0 Å². The number of nitrogens with zero attached hydrogens (tertiary/aromatic N) is 2. The van der Waals surface area contributed by atoms with Crippen LogP contribution in [0.5, 0.6) is 0 Å². The van der Waals surface area contributed by atoms with Crippen LogP contribution < -0.4 is 5.32 Å². The average Bonchev–Trinajstić information content (AvgIpc) is 2.86. The number of hydrogen-bond acceptors (Lipinski definition) is 2. The molecule has 3 nitrogen and oxygen atoms in total. The summed E-state index contributed by atoms with van der Waals surface area (Å²) in [6.45, 7) is 2.93. The van der Waals surface area contributed by atoms with Crippen LogP contribution in [0, 0.1) is 5.82 Å². The Balaban J connectivity index is 2.13. The van der Waals surface area contributed by atoms with Crippen molar-refractivity contribution < 1.29 is 4.39 Å². The molecule has 1 aromatic heterocycles. The maximum Gasteiger partial charge on any atom is 0.129 e. The fourth-order valence-corrected chi connectivity index (χ4v) is 2.72. The number of benzene rings is 1. The molecular formula is C16H21ClFN3. The van der Waals surface area contributed by atoms with Crippen molar-refractivity contribution in [3.05, 3.63) is 52.6 Å². The van der Waals surface area contributed by atoms with Crippen LogP contribution in [0.15, 0.2) is 30.6 Å². The summed E-state index contributed by atoms with van der Waals surface area (Å²) in [6.07, 6.45) is 6.45. The maximum atomic E-state index is 14.1. The zero-order valence-electron chi connectivity index (χ0n) is 12.4. The van der Waals surface area contributed by atoms with Gasteiger partial charge < -0.3 is 5.32 Å². The molecule has 0 aliphatic carbocycles. The molecule has 0 fully saturated rings. The van der Waals surface area contributed by atoms with Crippen LogP contribution in [-0.4, -0.2) is 16.3 Å². The Kier molecular flexibility index (Phi) is 5.76. The number of nitrogens with one attached hydrogen (secondary N) is 1. The molecule has 0 saturated carbocycles. The third-order valence-corrected chi connectivity index (χ3v) is 3.80. The summed E-state index contributed by atoms with van der Waals surface area (Å²) in [4.78, 5) is 0. The number of aryl methyl sites for hydroxylation is 2. The normalized spacial score (nSPS) is 12.6. The van der Waals surface area contributed by atoms with Crippen molar-refractivity contribution in [2.24, 2.45) is 7.05 Å². The molecule has 0 amide bonds. The van der Waals surface area contributed by atoms with Crippen molar-refractivity contribution in [3.8, 4) is 0 Å². The molecule has 0 bridgehead atoms. The molecule has 0 saturated heterocycles. The van der Waals surface area contributed by atoms with Gasteiger partial charge in [-0.05, 0) is 43.5 Å². The summed E-state index contributed by atoms with van der Waals surface area (Å²) in [5.74, 6) is -0.248. The second kappa shape index (κ2) is 7.57. The topological polar surface area (TPSA) is 29.9 Å². The van der Waals surface area contributed by atoms with Gasteiger partial charge in [-0.15, -0.1) is 0 Å². The average molecular weight is 310 g/mol. The highest BCUT2D eigenvalue weighted by Gasteiger charge is 2.18. The van der Waals surface area contributed by atoms with Crippen LogP contribution in [0.4, 0.5) is 4.39 Å². The largest absolute Gasteiger partial charge is 0.310 e. The monoisotopic (exact) mass is 309 g/mol. The molecule has 1 aromatic carbocycles. The third-order valence-electron chi connectivity index (χ3n) is 3.47. The SMILES string of the molecule is CCCNC(CCc1cnn(C)c1)c1c(F)cccc1Cl. The highest BCUT2D eigenvalue weighted by atomic mass is 35.5. The van der Waals surface area contributed by atoms with E-state index < -0.39 is 0 Å². The molecular weight excluding hydrogens is 289 g/mol. The van der Waals surface area contributed by atoms with E-state index in [2.05, 4.69) is 17.3 Å². The summed E-state index contributed by atoms with van der Waals surface area (Å²) in [5.41, 5.74) is 1.71. The second-order valence-corrected chi connectivity index (χ2v) is 5.61. The number of halogens is 2. The lowest BCUT2D eigenvalue weighted by Gasteiger charge is -2.20. The van der Waals surface area contributed by atoms with Gasteiger partial charge in [-0.25, -0.2) is 4.39 Å². The van der Waals surface area contributed by atoms with Gasteiger partial charge in [-0.1, -0.05) is 24.6 Å². The predicted molar refractivity (Wildman–Crippen MR) is 84.0 cm³/mol. The molecule has 1 atom stereocenters. The maximum absolute atomic E-state index is 14.1. The molecule has 5 heteroatoms. The van der Waals surface area contributed by atoms with Crippen LogP contribution >= 0.6 is 11.6 Å². The smallest absolute Gasteiger partial charge is 0.129 e. The fraction of sp³-hybridized carbons (Fsp3) is 0.438. The van der Waals surface area contributed by atoms with Gasteiger partial charge in [0.15, 0.2) is 0 Å². The van der Waals surface area contributed by atoms with Gasteiger partial charge in [0.25, 0.3) is 0 Å². The lowest BCUT2D eigenvalue weighted by atomic mass is 9.99. The van der Waals surface area contributed by atoms with E-state index >= 15 is 0 Å². The zero-order chi connectivity index (χ0) is 15.2. The van der Waals surface area contributed by atoms with E-state index in [0.29, 0.717) is 10.6 Å². The lowest BCUT2D eigenvalue weighted by molar-refractivity contribution is 0.474. The van der Waals surface area contributed by atoms with E-state index in [0.717, 1.165) is 31.4 Å². The quantitative estimate of drug-likeness (QED) is 0.841. The minimum absolute atomic E-state index is 0.0844. The van der Waals surface area contributed by atoms with Gasteiger partial charge in [0.2, 0.25) is 0 Å². The number of hydrogen-bond donors (Lipinski definition) is 1. The van der Waals surface area contributed by atoms with E-state index in [1.165, 1.54) is 6.07 Å². The Bertz CT molecular complexity index is 562. The van der Waals surface area contributed by atoms with Crippen molar-refractivity contribution in [1.82, 2.24) is 15.1 Å². The van der Waals surface area contributed by atoms with Crippen molar-refractivity contribution in [2.75, 3.05) is 6.54 Å². The molecule has 2 rings (SSSR count). The molecule has 0 aliphatic rings. The Hall–Kier alpha value is -1.39. The summed E-state index contributed by atoms with van der Waals surface area (Å²) in [6, 6.07) is 4.76. The first-order valence-electron chi connectivity index (χ1n) is 7.26. The van der Waals surface area contributed by atoms with E-state index in [-0.39, 0.29) is 11.9 Å². The minimum Gasteiger partial charge on any atom is -0.310 e. The summed E-state index contributed by atoms with van der Waals surface area (Å²) >= 11 is 6.19. The first-order chi connectivity index (χ1) is 10.1. The van der Waals surface area contributed by atoms with Gasteiger partial charge >= 0.3 is 0 Å². The Morgan fingerprint density at radius 3 is 2.86 bits per heavy atom. The first kappa shape index (κ1) is 16.0. The van der Waals surface area contributed by atoms with Gasteiger partial charge in [-0.2, -0.15) is 5.10 Å². The minimum atomic E-state index is -0.248. The van der Waals surface area contributed by atoms with Gasteiger partial charge in [0.1, 0.15) is 5.82 Å². The van der Waals surface area contributed by atoms with E-state index in [9.17, 15) is 4.39 Å². The zero-order valence-corrected chi connectivity index (χ0v) is 13.2. The molecule has 0 radical (unpaired) electrons. The summed E-state index contributed by atoms with van der Waals surface area (Å²) in [7, 11) is 1.89. The predicted octanol–water partition coefficient (Wildman–Crippen LogP) is 3.89. The van der Waals surface area contributed by atoms with Crippen LogP contribution in [-0.2, 0) is 13.5 Å². The van der Waals surface area contributed by atoms with Crippen LogP contribution in [0.2, 0.25) is 5.02 Å². The molecule has 114 valence electrons. The van der Waals surface area contributed by atoms with Gasteiger partial charge in [0.05, 0.1) is 6.20 Å². The molecule has 0 aliphatic heterocycles. The van der Waals surface area contributed by atoms with Gasteiger partial charge in [0, 0.05) is 29.9 Å². The van der Waals surface area contributed by atoms with Crippen LogP contribution in [0.3, 0.4) is 0 Å². The van der Waals surface area contributed by atoms with Crippen molar-refractivity contribution >= 4 is 11.6 Å². The Morgan fingerprint density at radius 1 is 1.43 bits per heavy atom. The van der Waals surface area contributed by atoms with E-state index in [1.807, 2.05) is 19.4 Å². The van der Waals surface area contributed by atoms with Crippen LogP contribution in [0.1, 0.15) is 36.9 Å². The fourth-order valence-electron chi connectivity index (χ4n) is 2.42. The molecule has 1 N–H and O–H groups in total. The first-order valence-corrected chi connectivity index (χ1v) is 7.64. The lowest BCUT2D eigenvalue weighted by Crippen LogP contribution is -2.24. The number of rotatable bonds is 7. The van der Waals surface area contributed by atoms with Crippen molar-refractivity contribution in [3.63, 3.8) is 0 Å². The summed E-state index contributed by atoms with van der Waals surface area (Å²) in [5, 5.41) is 8.03. The molecule has 21 heavy (non-hydrogen) atoms. The molecule has 1 heterocycles. The number of aromatic nitrogens is 2. The van der Waals surface area contributed by atoms with E-state index in [4.69, 9.17) is 11.6 Å². The highest BCUT2D eigenvalue weighted by molar-refractivity contribution is 6.31. The standard InChI is InChI=1S/C16H21ClFN3/c1-3-9-19-15(8-7-12-10-20-21(2)11-12)16-13(17)5-4-6-14(16)18/h4-6,10-11,15,19H,3,7-9H2,1-2H3. The highest BCUT2D eigenvalue weighted by Crippen LogP contribution is 2.29. The summed E-state index contributed by atoms with van der Waals surface area (Å²) < 4.78 is 15.9. The third kappa shape index (κ3) is 4.29.